The molecule has 9 heteroatoms. The molecule has 0 bridgehead atoms. The molecule has 0 heterocycles. The topological polar surface area (TPSA) is 103 Å². The van der Waals surface area contributed by atoms with E-state index < -0.39 is 15.9 Å². The van der Waals surface area contributed by atoms with E-state index in [4.69, 9.17) is 14.2 Å². The normalized spacial score (nSPS) is 11.2. The second-order valence-corrected chi connectivity index (χ2v) is 7.84. The van der Waals surface area contributed by atoms with Crippen LogP contribution in [0.15, 0.2) is 41.3 Å². The number of hydrogen-bond donors (Lipinski definition) is 2. The highest BCUT2D eigenvalue weighted by molar-refractivity contribution is 7.89. The highest BCUT2D eigenvalue weighted by atomic mass is 32.2. The zero-order valence-corrected chi connectivity index (χ0v) is 17.2. The van der Waals surface area contributed by atoms with Crippen molar-refractivity contribution in [1.29, 1.82) is 0 Å². The first kappa shape index (κ1) is 21.5. The second kappa shape index (κ2) is 8.94. The molecule has 0 saturated carbocycles. The van der Waals surface area contributed by atoms with E-state index in [-0.39, 0.29) is 22.3 Å². The molecule has 0 aliphatic heterocycles. The molecule has 8 nitrogen and oxygen atoms in total. The van der Waals surface area contributed by atoms with Gasteiger partial charge in [-0.15, -0.1) is 0 Å². The van der Waals surface area contributed by atoms with Gasteiger partial charge in [-0.2, -0.15) is 0 Å². The molecule has 0 aliphatic rings. The molecule has 0 spiro atoms. The van der Waals surface area contributed by atoms with E-state index in [1.165, 1.54) is 39.5 Å². The van der Waals surface area contributed by atoms with Crippen LogP contribution in [0.4, 0.5) is 5.69 Å². The van der Waals surface area contributed by atoms with Gasteiger partial charge in [0.05, 0.1) is 27.0 Å². The van der Waals surface area contributed by atoms with Crippen LogP contribution >= 0.6 is 0 Å². The fourth-order valence-corrected chi connectivity index (χ4v) is 3.94. The first-order chi connectivity index (χ1) is 13.2. The maximum absolute atomic E-state index is 12.7. The first-order valence-corrected chi connectivity index (χ1v) is 9.94. The lowest BCUT2D eigenvalue weighted by molar-refractivity contribution is 0.102. The van der Waals surface area contributed by atoms with Crippen molar-refractivity contribution < 1.29 is 27.4 Å². The lowest BCUT2D eigenvalue weighted by atomic mass is 10.2. The fraction of sp³-hybridized carbons (Fsp3) is 0.316. The van der Waals surface area contributed by atoms with Gasteiger partial charge in [-0.05, 0) is 44.2 Å². The van der Waals surface area contributed by atoms with Gasteiger partial charge in [-0.3, -0.25) is 4.79 Å². The van der Waals surface area contributed by atoms with Crippen molar-refractivity contribution in [1.82, 2.24) is 4.72 Å². The van der Waals surface area contributed by atoms with Crippen LogP contribution in [-0.2, 0) is 10.0 Å². The molecular formula is C19H24N2O6S. The first-order valence-electron chi connectivity index (χ1n) is 8.45. The molecule has 0 atom stereocenters. The SMILES string of the molecule is COc1ccc(NC(=O)c2ccc(OC)c(S(=O)(=O)NC(C)C)c2)c(OC)c1. The summed E-state index contributed by atoms with van der Waals surface area (Å²) in [4.78, 5) is 12.6. The van der Waals surface area contributed by atoms with Crippen molar-refractivity contribution in [2.24, 2.45) is 0 Å². The number of carbonyl (C=O) groups excluding carboxylic acids is 1. The van der Waals surface area contributed by atoms with Gasteiger partial charge in [0.25, 0.3) is 5.91 Å². The number of benzene rings is 2. The van der Waals surface area contributed by atoms with Crippen LogP contribution < -0.4 is 24.2 Å². The van der Waals surface area contributed by atoms with Crippen molar-refractivity contribution in [2.75, 3.05) is 26.6 Å². The number of anilines is 1. The lowest BCUT2D eigenvalue weighted by Crippen LogP contribution is -2.30. The molecule has 0 radical (unpaired) electrons. The standard InChI is InChI=1S/C19H24N2O6S/c1-12(2)21-28(23,24)18-10-13(6-9-16(18)26-4)19(22)20-15-8-7-14(25-3)11-17(15)27-5/h6-12,21H,1-5H3,(H,20,22). The third kappa shape index (κ3) is 4.93. The van der Waals surface area contributed by atoms with E-state index in [1.807, 2.05) is 0 Å². The van der Waals surface area contributed by atoms with Gasteiger partial charge in [0.1, 0.15) is 22.1 Å². The summed E-state index contributed by atoms with van der Waals surface area (Å²) in [7, 11) is 0.515. The number of hydrogen-bond acceptors (Lipinski definition) is 6. The maximum atomic E-state index is 12.7. The Morgan fingerprint density at radius 3 is 2.18 bits per heavy atom. The second-order valence-electron chi connectivity index (χ2n) is 6.16. The predicted molar refractivity (Wildman–Crippen MR) is 106 cm³/mol. The quantitative estimate of drug-likeness (QED) is 0.696. The highest BCUT2D eigenvalue weighted by Crippen LogP contribution is 2.30. The van der Waals surface area contributed by atoms with Crippen molar-refractivity contribution in [3.63, 3.8) is 0 Å². The van der Waals surface area contributed by atoms with Crippen molar-refractivity contribution in [2.45, 2.75) is 24.8 Å². The molecule has 0 aliphatic carbocycles. The monoisotopic (exact) mass is 408 g/mol. The molecule has 2 aromatic rings. The van der Waals surface area contributed by atoms with Crippen molar-refractivity contribution in [3.05, 3.63) is 42.0 Å². The maximum Gasteiger partial charge on any atom is 0.255 e. The summed E-state index contributed by atoms with van der Waals surface area (Å²) >= 11 is 0. The highest BCUT2D eigenvalue weighted by Gasteiger charge is 2.23. The van der Waals surface area contributed by atoms with Crippen molar-refractivity contribution in [3.8, 4) is 17.2 Å². The van der Waals surface area contributed by atoms with E-state index in [0.717, 1.165) is 0 Å². The number of ether oxygens (including phenoxy) is 3. The zero-order valence-electron chi connectivity index (χ0n) is 16.4. The number of nitrogens with one attached hydrogen (secondary N) is 2. The van der Waals surface area contributed by atoms with E-state index in [9.17, 15) is 13.2 Å². The lowest BCUT2D eigenvalue weighted by Gasteiger charge is -2.15. The third-order valence-electron chi connectivity index (χ3n) is 3.76. The van der Waals surface area contributed by atoms with Gasteiger partial charge < -0.3 is 19.5 Å². The van der Waals surface area contributed by atoms with Crippen LogP contribution in [0.5, 0.6) is 17.2 Å². The molecule has 2 N–H and O–H groups in total. The minimum Gasteiger partial charge on any atom is -0.497 e. The van der Waals surface area contributed by atoms with Crippen LogP contribution in [0.2, 0.25) is 0 Å². The van der Waals surface area contributed by atoms with E-state index >= 15 is 0 Å². The predicted octanol–water partition coefficient (Wildman–Crippen LogP) is 2.65. The molecule has 0 unspecified atom stereocenters. The summed E-state index contributed by atoms with van der Waals surface area (Å²) in [6, 6.07) is 8.83. The molecular weight excluding hydrogens is 384 g/mol. The number of rotatable bonds is 8. The Morgan fingerprint density at radius 2 is 1.61 bits per heavy atom. The Morgan fingerprint density at radius 1 is 0.929 bits per heavy atom. The molecule has 2 aromatic carbocycles. The molecule has 0 aromatic heterocycles. The average Bonchev–Trinajstić information content (AvgIpc) is 2.66. The molecule has 152 valence electrons. The number of sulfonamides is 1. The summed E-state index contributed by atoms with van der Waals surface area (Å²) in [5.41, 5.74) is 0.580. The van der Waals surface area contributed by atoms with Gasteiger partial charge in [0.15, 0.2) is 0 Å². The van der Waals surface area contributed by atoms with Crippen LogP contribution in [0.25, 0.3) is 0 Å². The van der Waals surface area contributed by atoms with Crippen LogP contribution in [-0.4, -0.2) is 41.7 Å². The van der Waals surface area contributed by atoms with Gasteiger partial charge in [-0.25, -0.2) is 13.1 Å². The number of amides is 1. The van der Waals surface area contributed by atoms with E-state index in [2.05, 4.69) is 10.0 Å². The third-order valence-corrected chi connectivity index (χ3v) is 5.44. The Labute approximate surface area is 164 Å². The largest absolute Gasteiger partial charge is 0.497 e. The smallest absolute Gasteiger partial charge is 0.255 e. The minimum atomic E-state index is -3.85. The number of carbonyl (C=O) groups is 1. The van der Waals surface area contributed by atoms with Gasteiger partial charge in [0, 0.05) is 17.7 Å². The summed E-state index contributed by atoms with van der Waals surface area (Å²) in [5, 5.41) is 2.71. The zero-order chi connectivity index (χ0) is 20.9. The average molecular weight is 408 g/mol. The molecule has 1 amide bonds. The molecule has 0 saturated heterocycles. The van der Waals surface area contributed by atoms with Gasteiger partial charge in [0.2, 0.25) is 10.0 Å². The Bertz CT molecular complexity index is 957. The molecule has 2 rings (SSSR count). The van der Waals surface area contributed by atoms with Crippen LogP contribution in [0.1, 0.15) is 24.2 Å². The van der Waals surface area contributed by atoms with Crippen LogP contribution in [0, 0.1) is 0 Å². The van der Waals surface area contributed by atoms with E-state index in [0.29, 0.717) is 17.2 Å². The fourth-order valence-electron chi connectivity index (χ4n) is 2.50. The molecule has 28 heavy (non-hydrogen) atoms. The number of methoxy groups -OCH3 is 3. The summed E-state index contributed by atoms with van der Waals surface area (Å²) in [5.74, 6) is 0.641. The molecule has 0 fully saturated rings. The summed E-state index contributed by atoms with van der Waals surface area (Å²) in [6.07, 6.45) is 0. The van der Waals surface area contributed by atoms with E-state index in [1.54, 1.807) is 32.0 Å². The Hall–Kier alpha value is -2.78. The van der Waals surface area contributed by atoms with Crippen molar-refractivity contribution >= 4 is 21.6 Å². The van der Waals surface area contributed by atoms with Crippen LogP contribution in [0.3, 0.4) is 0 Å². The van der Waals surface area contributed by atoms with Gasteiger partial charge >= 0.3 is 0 Å². The summed E-state index contributed by atoms with van der Waals surface area (Å²) < 4.78 is 43.2. The Balaban J connectivity index is 2.38. The summed E-state index contributed by atoms with van der Waals surface area (Å²) in [6.45, 7) is 3.41. The Kier molecular flexibility index (Phi) is 6.87. The minimum absolute atomic E-state index is 0.113. The van der Waals surface area contributed by atoms with Gasteiger partial charge in [-0.1, -0.05) is 0 Å².